The van der Waals surface area contributed by atoms with Crippen LogP contribution >= 0.6 is 0 Å². The molecule has 5 nitrogen and oxygen atoms in total. The van der Waals surface area contributed by atoms with Crippen molar-refractivity contribution in [1.82, 2.24) is 15.1 Å². The Morgan fingerprint density at radius 1 is 1.38 bits per heavy atom. The zero-order valence-corrected chi connectivity index (χ0v) is 13.8. The number of aromatic nitrogens is 2. The molecule has 0 spiro atoms. The molecule has 1 saturated carbocycles. The second-order valence-electron chi connectivity index (χ2n) is 5.67. The highest BCUT2D eigenvalue weighted by Gasteiger charge is 2.33. The molecule has 1 fully saturated rings. The van der Waals surface area contributed by atoms with Crippen molar-refractivity contribution in [3.63, 3.8) is 0 Å². The quantitative estimate of drug-likeness (QED) is 0.761. The standard InChI is InChI=1S/C16H29N3O2/c1-5-17-14(10-12-8-13(9-12)21-7-3)16-15(20-4)11-18-19(16)6-2/h11-14,17H,5-10H2,1-4H3. The lowest BCUT2D eigenvalue weighted by Gasteiger charge is -2.37. The normalized spacial score (nSPS) is 22.9. The second kappa shape index (κ2) is 7.80. The molecule has 0 amide bonds. The molecule has 0 aromatic carbocycles. The molecular formula is C16H29N3O2. The van der Waals surface area contributed by atoms with Gasteiger partial charge in [-0.2, -0.15) is 5.10 Å². The van der Waals surface area contributed by atoms with Gasteiger partial charge in [-0.25, -0.2) is 0 Å². The number of nitrogens with zero attached hydrogens (tertiary/aromatic N) is 2. The monoisotopic (exact) mass is 295 g/mol. The predicted octanol–water partition coefficient (Wildman–Crippen LogP) is 2.77. The van der Waals surface area contributed by atoms with Crippen LogP contribution in [0.5, 0.6) is 5.75 Å². The molecule has 1 heterocycles. The fourth-order valence-corrected chi connectivity index (χ4v) is 3.25. The van der Waals surface area contributed by atoms with Gasteiger partial charge in [-0.3, -0.25) is 4.68 Å². The number of nitrogens with one attached hydrogen (secondary N) is 1. The van der Waals surface area contributed by atoms with Crippen LogP contribution in [0.2, 0.25) is 0 Å². The summed E-state index contributed by atoms with van der Waals surface area (Å²) in [6, 6.07) is 0.306. The smallest absolute Gasteiger partial charge is 0.161 e. The number of aryl methyl sites for hydroxylation is 1. The Balaban J connectivity index is 2.04. The highest BCUT2D eigenvalue weighted by molar-refractivity contribution is 5.28. The number of ether oxygens (including phenoxy) is 2. The number of rotatable bonds is 9. The molecule has 0 aliphatic heterocycles. The molecule has 1 aromatic rings. The second-order valence-corrected chi connectivity index (χ2v) is 5.67. The molecule has 1 atom stereocenters. The van der Waals surface area contributed by atoms with E-state index in [2.05, 4.69) is 31.2 Å². The van der Waals surface area contributed by atoms with Crippen molar-refractivity contribution in [2.75, 3.05) is 20.3 Å². The van der Waals surface area contributed by atoms with Crippen LogP contribution in [0.25, 0.3) is 0 Å². The molecule has 5 heteroatoms. The van der Waals surface area contributed by atoms with Crippen LogP contribution in [0, 0.1) is 5.92 Å². The zero-order valence-electron chi connectivity index (χ0n) is 13.8. The van der Waals surface area contributed by atoms with E-state index >= 15 is 0 Å². The van der Waals surface area contributed by atoms with Crippen molar-refractivity contribution in [3.05, 3.63) is 11.9 Å². The van der Waals surface area contributed by atoms with E-state index in [-0.39, 0.29) is 0 Å². The van der Waals surface area contributed by atoms with Crippen LogP contribution in [0.4, 0.5) is 0 Å². The van der Waals surface area contributed by atoms with Gasteiger partial charge in [0.2, 0.25) is 0 Å². The van der Waals surface area contributed by atoms with Gasteiger partial charge in [0.25, 0.3) is 0 Å². The topological polar surface area (TPSA) is 48.3 Å². The maximum atomic E-state index is 5.67. The van der Waals surface area contributed by atoms with Crippen LogP contribution < -0.4 is 10.1 Å². The zero-order chi connectivity index (χ0) is 15.2. The Bertz CT molecular complexity index is 406. The Hall–Kier alpha value is -1.07. The lowest BCUT2D eigenvalue weighted by atomic mass is 9.77. The first-order valence-corrected chi connectivity index (χ1v) is 8.18. The lowest BCUT2D eigenvalue weighted by Crippen LogP contribution is -2.35. The van der Waals surface area contributed by atoms with E-state index in [9.17, 15) is 0 Å². The molecule has 0 bridgehead atoms. The van der Waals surface area contributed by atoms with Gasteiger partial charge in [-0.1, -0.05) is 6.92 Å². The lowest BCUT2D eigenvalue weighted by molar-refractivity contribution is -0.0293. The maximum Gasteiger partial charge on any atom is 0.161 e. The molecule has 1 aliphatic carbocycles. The van der Waals surface area contributed by atoms with Gasteiger partial charge in [0.05, 0.1) is 31.1 Å². The first-order chi connectivity index (χ1) is 10.2. The van der Waals surface area contributed by atoms with Crippen molar-refractivity contribution in [2.45, 2.75) is 58.7 Å². The van der Waals surface area contributed by atoms with Crippen molar-refractivity contribution in [2.24, 2.45) is 5.92 Å². The Morgan fingerprint density at radius 2 is 2.14 bits per heavy atom. The van der Waals surface area contributed by atoms with E-state index in [0.717, 1.165) is 37.8 Å². The first kappa shape index (κ1) is 16.3. The van der Waals surface area contributed by atoms with Crippen molar-refractivity contribution in [1.29, 1.82) is 0 Å². The molecule has 21 heavy (non-hydrogen) atoms. The SMILES string of the molecule is CCNC(CC1CC(OCC)C1)c1c(OC)cnn1CC. The summed E-state index contributed by atoms with van der Waals surface area (Å²) in [6.45, 7) is 8.98. The van der Waals surface area contributed by atoms with Crippen LogP contribution in [0.15, 0.2) is 6.20 Å². The molecule has 1 aliphatic rings. The third-order valence-electron chi connectivity index (χ3n) is 4.31. The minimum Gasteiger partial charge on any atom is -0.493 e. The predicted molar refractivity (Wildman–Crippen MR) is 83.6 cm³/mol. The number of methoxy groups -OCH3 is 1. The average Bonchev–Trinajstić information content (AvgIpc) is 2.87. The molecule has 2 rings (SSSR count). The van der Waals surface area contributed by atoms with E-state index in [1.54, 1.807) is 7.11 Å². The van der Waals surface area contributed by atoms with E-state index in [4.69, 9.17) is 9.47 Å². The van der Waals surface area contributed by atoms with E-state index in [0.29, 0.717) is 12.1 Å². The number of hydrogen-bond acceptors (Lipinski definition) is 4. The van der Waals surface area contributed by atoms with Crippen LogP contribution in [0.1, 0.15) is 51.8 Å². The van der Waals surface area contributed by atoms with Crippen LogP contribution in [0.3, 0.4) is 0 Å². The molecule has 1 N–H and O–H groups in total. The summed E-state index contributed by atoms with van der Waals surface area (Å²) in [5.74, 6) is 1.62. The highest BCUT2D eigenvalue weighted by Crippen LogP contribution is 2.38. The summed E-state index contributed by atoms with van der Waals surface area (Å²) in [7, 11) is 1.72. The summed E-state index contributed by atoms with van der Waals surface area (Å²) in [6.07, 6.45) is 5.78. The molecular weight excluding hydrogens is 266 g/mol. The number of hydrogen-bond donors (Lipinski definition) is 1. The summed E-state index contributed by atoms with van der Waals surface area (Å²) in [5.41, 5.74) is 1.18. The molecule has 1 unspecified atom stereocenters. The first-order valence-electron chi connectivity index (χ1n) is 8.18. The van der Waals surface area contributed by atoms with Gasteiger partial charge in [-0.15, -0.1) is 0 Å². The van der Waals surface area contributed by atoms with Gasteiger partial charge in [0, 0.05) is 13.2 Å². The van der Waals surface area contributed by atoms with Crippen LogP contribution in [-0.4, -0.2) is 36.1 Å². The fourth-order valence-electron chi connectivity index (χ4n) is 3.25. The summed E-state index contributed by atoms with van der Waals surface area (Å²) in [5, 5.41) is 8.03. The average molecular weight is 295 g/mol. The molecule has 120 valence electrons. The van der Waals surface area contributed by atoms with E-state index in [1.807, 2.05) is 10.9 Å². The Kier molecular flexibility index (Phi) is 6.06. The third kappa shape index (κ3) is 3.77. The fraction of sp³-hybridized carbons (Fsp3) is 0.812. The highest BCUT2D eigenvalue weighted by atomic mass is 16.5. The van der Waals surface area contributed by atoms with Gasteiger partial charge >= 0.3 is 0 Å². The largest absolute Gasteiger partial charge is 0.493 e. The van der Waals surface area contributed by atoms with Crippen LogP contribution in [-0.2, 0) is 11.3 Å². The summed E-state index contributed by atoms with van der Waals surface area (Å²) >= 11 is 0. The minimum atomic E-state index is 0.306. The maximum absolute atomic E-state index is 5.67. The molecule has 0 saturated heterocycles. The van der Waals surface area contributed by atoms with Crippen molar-refractivity contribution < 1.29 is 9.47 Å². The molecule has 1 aromatic heterocycles. The van der Waals surface area contributed by atoms with E-state index in [1.165, 1.54) is 18.5 Å². The minimum absolute atomic E-state index is 0.306. The summed E-state index contributed by atoms with van der Waals surface area (Å²) < 4.78 is 13.2. The third-order valence-corrected chi connectivity index (χ3v) is 4.31. The van der Waals surface area contributed by atoms with Crippen molar-refractivity contribution >= 4 is 0 Å². The molecule has 0 radical (unpaired) electrons. The van der Waals surface area contributed by atoms with Gasteiger partial charge in [0.1, 0.15) is 0 Å². The van der Waals surface area contributed by atoms with E-state index < -0.39 is 0 Å². The Labute approximate surface area is 128 Å². The van der Waals surface area contributed by atoms with Gasteiger partial charge in [0.15, 0.2) is 5.75 Å². The summed E-state index contributed by atoms with van der Waals surface area (Å²) in [4.78, 5) is 0. The van der Waals surface area contributed by atoms with Gasteiger partial charge < -0.3 is 14.8 Å². The van der Waals surface area contributed by atoms with Gasteiger partial charge in [-0.05, 0) is 45.6 Å². The Morgan fingerprint density at radius 3 is 2.71 bits per heavy atom. The van der Waals surface area contributed by atoms with Crippen molar-refractivity contribution in [3.8, 4) is 5.75 Å².